The molecule has 0 aliphatic heterocycles. The summed E-state index contributed by atoms with van der Waals surface area (Å²) in [4.78, 5) is 0.0988. The molecule has 9 heteroatoms. The predicted octanol–water partition coefficient (Wildman–Crippen LogP) is 5.79. The number of aromatic nitrogens is 1. The van der Waals surface area contributed by atoms with Gasteiger partial charge in [0.25, 0.3) is 10.0 Å². The molecule has 0 fully saturated rings. The van der Waals surface area contributed by atoms with E-state index in [1.807, 2.05) is 0 Å². The van der Waals surface area contributed by atoms with Gasteiger partial charge >= 0.3 is 0 Å². The molecule has 0 saturated carbocycles. The molecule has 39 heavy (non-hydrogen) atoms. The van der Waals surface area contributed by atoms with Crippen LogP contribution in [0, 0.1) is 5.82 Å². The first kappa shape index (κ1) is 26.3. The summed E-state index contributed by atoms with van der Waals surface area (Å²) < 4.78 is 59.2. The van der Waals surface area contributed by atoms with Crippen LogP contribution in [0.4, 0.5) is 4.39 Å². The highest BCUT2D eigenvalue weighted by molar-refractivity contribution is 7.90. The third-order valence-electron chi connectivity index (χ3n) is 6.50. The molecular weight excluding hydrogens is 521 g/mol. The molecule has 5 aromatic rings. The molecule has 4 aromatic carbocycles. The number of halogens is 1. The van der Waals surface area contributed by atoms with Gasteiger partial charge in [-0.15, -0.1) is 0 Å². The van der Waals surface area contributed by atoms with Crippen molar-refractivity contribution in [2.45, 2.75) is 11.0 Å². The van der Waals surface area contributed by atoms with Crippen molar-refractivity contribution in [3.8, 4) is 28.5 Å². The summed E-state index contributed by atoms with van der Waals surface area (Å²) in [5.41, 5.74) is 2.18. The van der Waals surface area contributed by atoms with Crippen LogP contribution in [0.5, 0.6) is 17.2 Å². The monoisotopic (exact) mass is 547 g/mol. The lowest BCUT2D eigenvalue weighted by molar-refractivity contribution is 0.218. The van der Waals surface area contributed by atoms with E-state index in [0.29, 0.717) is 50.5 Å². The molecule has 0 spiro atoms. The molecule has 0 bridgehead atoms. The Morgan fingerprint density at radius 3 is 2.10 bits per heavy atom. The van der Waals surface area contributed by atoms with E-state index in [0.717, 1.165) is 0 Å². The topological polar surface area (TPSA) is 87.0 Å². The van der Waals surface area contributed by atoms with E-state index in [4.69, 9.17) is 14.2 Å². The Labute approximate surface area is 225 Å². The van der Waals surface area contributed by atoms with Gasteiger partial charge in [0.15, 0.2) is 11.5 Å². The molecular formula is C30H26FNO6S. The van der Waals surface area contributed by atoms with Gasteiger partial charge in [-0.2, -0.15) is 0 Å². The lowest BCUT2D eigenvalue weighted by Crippen LogP contribution is -2.14. The predicted molar refractivity (Wildman–Crippen MR) is 147 cm³/mol. The third-order valence-corrected chi connectivity index (χ3v) is 8.24. The van der Waals surface area contributed by atoms with Crippen LogP contribution in [-0.4, -0.2) is 38.8 Å². The summed E-state index contributed by atoms with van der Waals surface area (Å²) in [5, 5.41) is 11.8. The van der Waals surface area contributed by atoms with Gasteiger partial charge in [0.2, 0.25) is 5.75 Å². The van der Waals surface area contributed by atoms with Crippen LogP contribution in [0.2, 0.25) is 0 Å². The van der Waals surface area contributed by atoms with Crippen LogP contribution in [0.1, 0.15) is 17.2 Å². The number of methoxy groups -OCH3 is 3. The lowest BCUT2D eigenvalue weighted by Gasteiger charge is -2.18. The summed E-state index contributed by atoms with van der Waals surface area (Å²) in [7, 11) is 0.432. The Balaban J connectivity index is 1.67. The van der Waals surface area contributed by atoms with Crippen LogP contribution in [0.3, 0.4) is 0 Å². The molecule has 1 N–H and O–H groups in total. The van der Waals surface area contributed by atoms with Gasteiger partial charge in [-0.3, -0.25) is 0 Å². The maximum Gasteiger partial charge on any atom is 0.268 e. The van der Waals surface area contributed by atoms with Gasteiger partial charge in [-0.1, -0.05) is 36.4 Å². The highest BCUT2D eigenvalue weighted by Crippen LogP contribution is 2.41. The van der Waals surface area contributed by atoms with Crippen molar-refractivity contribution in [1.82, 2.24) is 3.97 Å². The second-order valence-corrected chi connectivity index (χ2v) is 10.6. The summed E-state index contributed by atoms with van der Waals surface area (Å²) in [5.74, 6) is 0.693. The van der Waals surface area contributed by atoms with Gasteiger partial charge in [-0.25, -0.2) is 16.8 Å². The average Bonchev–Trinajstić information content (AvgIpc) is 3.36. The lowest BCUT2D eigenvalue weighted by atomic mass is 9.98. The highest BCUT2D eigenvalue weighted by atomic mass is 32.2. The Hall–Kier alpha value is -4.34. The molecule has 0 saturated heterocycles. The van der Waals surface area contributed by atoms with Gasteiger partial charge in [0.1, 0.15) is 11.9 Å². The molecule has 0 radical (unpaired) electrons. The number of hydrogen-bond donors (Lipinski definition) is 1. The van der Waals surface area contributed by atoms with Crippen LogP contribution < -0.4 is 14.2 Å². The fraction of sp³-hybridized carbons (Fsp3) is 0.133. The van der Waals surface area contributed by atoms with Crippen molar-refractivity contribution in [3.05, 3.63) is 108 Å². The minimum atomic E-state index is -4.04. The number of aliphatic hydroxyl groups excluding tert-OH is 1. The fourth-order valence-electron chi connectivity index (χ4n) is 4.64. The molecule has 1 atom stereocenters. The molecule has 7 nitrogen and oxygen atoms in total. The summed E-state index contributed by atoms with van der Waals surface area (Å²) in [6, 6.07) is 23.9. The summed E-state index contributed by atoms with van der Waals surface area (Å²) in [6.07, 6.45) is -1.10. The SMILES string of the molecule is COc1cc(C(O)c2cccc(-c3cc4cc(F)ccc4n3S(=O)(=O)c3ccccc3)c2)cc(OC)c1OC. The molecule has 1 heterocycles. The van der Waals surface area contributed by atoms with E-state index >= 15 is 0 Å². The minimum Gasteiger partial charge on any atom is -0.493 e. The van der Waals surface area contributed by atoms with Crippen LogP contribution >= 0.6 is 0 Å². The van der Waals surface area contributed by atoms with Crippen molar-refractivity contribution in [2.24, 2.45) is 0 Å². The van der Waals surface area contributed by atoms with E-state index in [9.17, 15) is 17.9 Å². The molecule has 1 unspecified atom stereocenters. The van der Waals surface area contributed by atoms with Gasteiger partial charge < -0.3 is 19.3 Å². The quantitative estimate of drug-likeness (QED) is 0.265. The first-order valence-corrected chi connectivity index (χ1v) is 13.4. The van der Waals surface area contributed by atoms with Crippen LogP contribution in [0.15, 0.2) is 95.9 Å². The van der Waals surface area contributed by atoms with E-state index in [-0.39, 0.29) is 4.90 Å². The van der Waals surface area contributed by atoms with Gasteiger partial charge in [-0.05, 0) is 71.3 Å². The van der Waals surface area contributed by atoms with Crippen molar-refractivity contribution in [2.75, 3.05) is 21.3 Å². The zero-order valence-corrected chi connectivity index (χ0v) is 22.3. The van der Waals surface area contributed by atoms with Crippen molar-refractivity contribution in [1.29, 1.82) is 0 Å². The van der Waals surface area contributed by atoms with E-state index in [1.54, 1.807) is 60.7 Å². The second kappa shape index (κ2) is 10.4. The molecule has 200 valence electrons. The van der Waals surface area contributed by atoms with Crippen molar-refractivity contribution < 1.29 is 32.1 Å². The largest absolute Gasteiger partial charge is 0.493 e. The molecule has 1 aromatic heterocycles. The molecule has 5 rings (SSSR count). The standard InChI is InChI=1S/C30H26FNO6S/c1-36-27-17-22(18-28(37-2)30(27)38-3)29(33)20-9-7-8-19(14-20)26-16-21-15-23(31)12-13-25(21)32(26)39(34,35)24-10-5-4-6-11-24/h4-18,29,33H,1-3H3. The minimum absolute atomic E-state index is 0.0988. The molecule has 0 amide bonds. The summed E-state index contributed by atoms with van der Waals surface area (Å²) in [6.45, 7) is 0. The van der Waals surface area contributed by atoms with Gasteiger partial charge in [0, 0.05) is 5.39 Å². The molecule has 0 aliphatic rings. The smallest absolute Gasteiger partial charge is 0.268 e. The second-order valence-electron chi connectivity index (χ2n) is 8.80. The number of nitrogens with zero attached hydrogens (tertiary/aromatic N) is 1. The summed E-state index contributed by atoms with van der Waals surface area (Å²) >= 11 is 0. The average molecular weight is 548 g/mol. The number of aliphatic hydroxyl groups is 1. The van der Waals surface area contributed by atoms with Crippen molar-refractivity contribution >= 4 is 20.9 Å². The fourth-order valence-corrected chi connectivity index (χ4v) is 6.19. The Bertz CT molecular complexity index is 1740. The third kappa shape index (κ3) is 4.71. The van der Waals surface area contributed by atoms with E-state index < -0.39 is 21.9 Å². The maximum absolute atomic E-state index is 14.1. The zero-order valence-electron chi connectivity index (χ0n) is 21.5. The number of rotatable bonds is 8. The maximum atomic E-state index is 14.1. The zero-order chi connectivity index (χ0) is 27.7. The van der Waals surface area contributed by atoms with Gasteiger partial charge in [0.05, 0.1) is 37.4 Å². The first-order valence-electron chi connectivity index (χ1n) is 12.0. The number of fused-ring (bicyclic) bond motifs is 1. The number of benzene rings is 4. The normalized spacial score (nSPS) is 12.3. The van der Waals surface area contributed by atoms with Crippen molar-refractivity contribution in [3.63, 3.8) is 0 Å². The molecule has 0 aliphatic carbocycles. The van der Waals surface area contributed by atoms with E-state index in [1.165, 1.54) is 55.6 Å². The number of ether oxygens (including phenoxy) is 3. The number of hydrogen-bond acceptors (Lipinski definition) is 6. The highest BCUT2D eigenvalue weighted by Gasteiger charge is 2.25. The van der Waals surface area contributed by atoms with E-state index in [2.05, 4.69) is 0 Å². The van der Waals surface area contributed by atoms with Crippen LogP contribution in [0.25, 0.3) is 22.2 Å². The Morgan fingerprint density at radius 1 is 0.769 bits per heavy atom. The Kier molecular flexibility index (Phi) is 7.03. The first-order chi connectivity index (χ1) is 18.8. The Morgan fingerprint density at radius 2 is 1.46 bits per heavy atom. The van der Waals surface area contributed by atoms with Crippen LogP contribution in [-0.2, 0) is 10.0 Å².